The molecule has 0 aliphatic carbocycles. The van der Waals surface area contributed by atoms with Gasteiger partial charge in [-0.05, 0) is 38.6 Å². The van der Waals surface area contributed by atoms with Crippen molar-refractivity contribution in [1.29, 1.82) is 0 Å². The number of rotatable bonds is 3. The Labute approximate surface area is 114 Å². The van der Waals surface area contributed by atoms with Crippen molar-refractivity contribution in [2.75, 3.05) is 7.05 Å². The van der Waals surface area contributed by atoms with Gasteiger partial charge in [0.2, 0.25) is 0 Å². The molecule has 0 atom stereocenters. The summed E-state index contributed by atoms with van der Waals surface area (Å²) in [4.78, 5) is 5.97. The van der Waals surface area contributed by atoms with E-state index in [1.165, 1.54) is 16.0 Å². The van der Waals surface area contributed by atoms with Crippen LogP contribution in [0.25, 0.3) is 10.6 Å². The number of nitrogens with one attached hydrogen (secondary N) is 1. The van der Waals surface area contributed by atoms with Crippen molar-refractivity contribution in [2.24, 2.45) is 0 Å². The van der Waals surface area contributed by atoms with Crippen molar-refractivity contribution in [2.45, 2.75) is 20.4 Å². The average Bonchev–Trinajstić information content (AvgIpc) is 2.64. The van der Waals surface area contributed by atoms with Crippen LogP contribution in [0.15, 0.2) is 22.7 Å². The Morgan fingerprint density at radius 2 is 2.12 bits per heavy atom. The second-order valence-electron chi connectivity index (χ2n) is 4.02. The zero-order chi connectivity index (χ0) is 12.4. The molecule has 2 nitrogen and oxygen atoms in total. The van der Waals surface area contributed by atoms with E-state index in [9.17, 15) is 0 Å². The Kier molecular flexibility index (Phi) is 3.97. The predicted octanol–water partition coefficient (Wildman–Crippen LogP) is 3.91. The first-order valence-electron chi connectivity index (χ1n) is 5.49. The molecule has 0 unspecified atom stereocenters. The number of hydrogen-bond acceptors (Lipinski definition) is 3. The highest BCUT2D eigenvalue weighted by molar-refractivity contribution is 9.10. The third-order valence-corrected chi connectivity index (χ3v) is 4.34. The van der Waals surface area contributed by atoms with Crippen LogP contribution in [-0.4, -0.2) is 12.0 Å². The molecule has 0 saturated heterocycles. The molecule has 1 aromatic heterocycles. The lowest BCUT2D eigenvalue weighted by Gasteiger charge is -2.02. The lowest BCUT2D eigenvalue weighted by molar-refractivity contribution is 0.823. The molecule has 90 valence electrons. The molecular formula is C13H15BrN2S. The number of thiazole rings is 1. The molecule has 0 radical (unpaired) electrons. The van der Waals surface area contributed by atoms with Gasteiger partial charge in [0.25, 0.3) is 0 Å². The van der Waals surface area contributed by atoms with Crippen molar-refractivity contribution in [3.05, 3.63) is 38.8 Å². The number of aryl methyl sites for hydroxylation is 2. The zero-order valence-electron chi connectivity index (χ0n) is 10.2. The summed E-state index contributed by atoms with van der Waals surface area (Å²) < 4.78 is 1.10. The molecule has 0 amide bonds. The molecule has 1 heterocycles. The van der Waals surface area contributed by atoms with E-state index in [1.54, 1.807) is 11.3 Å². The number of benzene rings is 1. The maximum Gasteiger partial charge on any atom is 0.124 e. The van der Waals surface area contributed by atoms with Gasteiger partial charge < -0.3 is 5.32 Å². The smallest absolute Gasteiger partial charge is 0.124 e. The topological polar surface area (TPSA) is 24.9 Å². The van der Waals surface area contributed by atoms with E-state index in [0.29, 0.717) is 0 Å². The summed E-state index contributed by atoms with van der Waals surface area (Å²) in [5.74, 6) is 0. The van der Waals surface area contributed by atoms with Crippen LogP contribution in [0, 0.1) is 13.8 Å². The van der Waals surface area contributed by atoms with Gasteiger partial charge in [-0.25, -0.2) is 4.98 Å². The van der Waals surface area contributed by atoms with Crippen LogP contribution in [0.2, 0.25) is 0 Å². The van der Waals surface area contributed by atoms with E-state index >= 15 is 0 Å². The summed E-state index contributed by atoms with van der Waals surface area (Å²) in [6, 6.07) is 6.32. The van der Waals surface area contributed by atoms with Crippen LogP contribution in [0.1, 0.15) is 16.1 Å². The quantitative estimate of drug-likeness (QED) is 0.929. The monoisotopic (exact) mass is 310 g/mol. The van der Waals surface area contributed by atoms with E-state index in [4.69, 9.17) is 0 Å². The summed E-state index contributed by atoms with van der Waals surface area (Å²) >= 11 is 5.28. The molecule has 2 rings (SSSR count). The molecule has 17 heavy (non-hydrogen) atoms. The Hall–Kier alpha value is -0.710. The molecule has 0 aliphatic heterocycles. The second kappa shape index (κ2) is 5.29. The zero-order valence-corrected chi connectivity index (χ0v) is 12.6. The van der Waals surface area contributed by atoms with Crippen molar-refractivity contribution in [3.8, 4) is 10.6 Å². The first kappa shape index (κ1) is 12.7. The van der Waals surface area contributed by atoms with Crippen LogP contribution in [0.4, 0.5) is 0 Å². The molecule has 2 aromatic rings. The van der Waals surface area contributed by atoms with Gasteiger partial charge in [-0.3, -0.25) is 0 Å². The summed E-state index contributed by atoms with van der Waals surface area (Å²) in [7, 11) is 1.96. The molecule has 1 N–H and O–H groups in total. The fourth-order valence-electron chi connectivity index (χ4n) is 1.69. The Morgan fingerprint density at radius 3 is 2.82 bits per heavy atom. The van der Waals surface area contributed by atoms with Crippen molar-refractivity contribution >= 4 is 27.3 Å². The van der Waals surface area contributed by atoms with Gasteiger partial charge in [0.05, 0.1) is 5.69 Å². The van der Waals surface area contributed by atoms with Crippen LogP contribution in [0.5, 0.6) is 0 Å². The average molecular weight is 311 g/mol. The standard InChI is InChI=1S/C13H15BrN2S/c1-8-4-5-10(14)6-11(8)13-16-9(2)12(17-13)7-15-3/h4-6,15H,7H2,1-3H3. The Balaban J connectivity index is 2.45. The first-order valence-corrected chi connectivity index (χ1v) is 7.10. The predicted molar refractivity (Wildman–Crippen MR) is 77.5 cm³/mol. The highest BCUT2D eigenvalue weighted by atomic mass is 79.9. The number of hydrogen-bond donors (Lipinski definition) is 1. The Bertz CT molecular complexity index is 534. The molecule has 4 heteroatoms. The van der Waals surface area contributed by atoms with Gasteiger partial charge in [0, 0.05) is 21.5 Å². The molecule has 0 saturated carbocycles. The minimum atomic E-state index is 0.885. The number of halogens is 1. The fourth-order valence-corrected chi connectivity index (χ4v) is 3.21. The third-order valence-electron chi connectivity index (χ3n) is 2.66. The highest BCUT2D eigenvalue weighted by Gasteiger charge is 2.11. The molecule has 0 fully saturated rings. The minimum Gasteiger partial charge on any atom is -0.315 e. The summed E-state index contributed by atoms with van der Waals surface area (Å²) in [6.07, 6.45) is 0. The van der Waals surface area contributed by atoms with Gasteiger partial charge in [-0.2, -0.15) is 0 Å². The number of aromatic nitrogens is 1. The maximum atomic E-state index is 4.66. The molecule has 0 spiro atoms. The van der Waals surface area contributed by atoms with E-state index in [0.717, 1.165) is 21.7 Å². The fraction of sp³-hybridized carbons (Fsp3) is 0.308. The Morgan fingerprint density at radius 1 is 1.35 bits per heavy atom. The molecule has 0 bridgehead atoms. The largest absolute Gasteiger partial charge is 0.315 e. The minimum absolute atomic E-state index is 0.885. The van der Waals surface area contributed by atoms with Crippen LogP contribution in [-0.2, 0) is 6.54 Å². The summed E-state index contributed by atoms with van der Waals surface area (Å²) in [5, 5.41) is 4.28. The molecular weight excluding hydrogens is 296 g/mol. The van der Waals surface area contributed by atoms with E-state index in [1.807, 2.05) is 7.05 Å². The summed E-state index contributed by atoms with van der Waals surface area (Å²) in [6.45, 7) is 5.08. The SMILES string of the molecule is CNCc1sc(-c2cc(Br)ccc2C)nc1C. The van der Waals surface area contributed by atoms with Gasteiger partial charge in [-0.1, -0.05) is 22.0 Å². The van der Waals surface area contributed by atoms with Gasteiger partial charge in [0.15, 0.2) is 0 Å². The van der Waals surface area contributed by atoms with Gasteiger partial charge in [0.1, 0.15) is 5.01 Å². The second-order valence-corrected chi connectivity index (χ2v) is 6.02. The summed E-state index contributed by atoms with van der Waals surface area (Å²) in [5.41, 5.74) is 3.60. The van der Waals surface area contributed by atoms with Gasteiger partial charge in [-0.15, -0.1) is 11.3 Å². The number of nitrogens with zero attached hydrogens (tertiary/aromatic N) is 1. The van der Waals surface area contributed by atoms with Crippen molar-refractivity contribution in [1.82, 2.24) is 10.3 Å². The molecule has 1 aromatic carbocycles. The molecule has 0 aliphatic rings. The first-order chi connectivity index (χ1) is 8.11. The van der Waals surface area contributed by atoms with Crippen molar-refractivity contribution in [3.63, 3.8) is 0 Å². The van der Waals surface area contributed by atoms with E-state index in [-0.39, 0.29) is 0 Å². The van der Waals surface area contributed by atoms with E-state index < -0.39 is 0 Å². The highest BCUT2D eigenvalue weighted by Crippen LogP contribution is 2.31. The lowest BCUT2D eigenvalue weighted by Crippen LogP contribution is -2.04. The van der Waals surface area contributed by atoms with E-state index in [2.05, 4.69) is 58.3 Å². The van der Waals surface area contributed by atoms with Gasteiger partial charge >= 0.3 is 0 Å². The lowest BCUT2D eigenvalue weighted by atomic mass is 10.1. The van der Waals surface area contributed by atoms with Crippen LogP contribution < -0.4 is 5.32 Å². The normalized spacial score (nSPS) is 10.8. The maximum absolute atomic E-state index is 4.66. The van der Waals surface area contributed by atoms with Crippen LogP contribution in [0.3, 0.4) is 0 Å². The third kappa shape index (κ3) is 2.76. The van der Waals surface area contributed by atoms with Crippen molar-refractivity contribution < 1.29 is 0 Å². The van der Waals surface area contributed by atoms with Crippen LogP contribution >= 0.6 is 27.3 Å².